The lowest BCUT2D eigenvalue weighted by molar-refractivity contribution is -0.115. The van der Waals surface area contributed by atoms with Crippen molar-refractivity contribution in [3.05, 3.63) is 64.5 Å². The zero-order chi connectivity index (χ0) is 16.9. The third-order valence-electron chi connectivity index (χ3n) is 3.40. The highest BCUT2D eigenvalue weighted by molar-refractivity contribution is 7.14. The lowest BCUT2D eigenvalue weighted by Gasteiger charge is -2.04. The Bertz CT molecular complexity index is 863. The Morgan fingerprint density at radius 1 is 1.25 bits per heavy atom. The Labute approximate surface area is 149 Å². The molecule has 3 aromatic rings. The summed E-state index contributed by atoms with van der Waals surface area (Å²) in [5.74, 6) is 0.610. The van der Waals surface area contributed by atoms with Crippen LogP contribution in [0, 0.1) is 0 Å². The summed E-state index contributed by atoms with van der Waals surface area (Å²) < 4.78 is 5.16. The molecule has 0 saturated carbocycles. The SMILES string of the molecule is COc1cccc(CC(=O)Nc2nc(-c3ccccc3Cl)cs2)c1. The normalized spacial score (nSPS) is 10.4. The number of thiazole rings is 1. The van der Waals surface area contributed by atoms with E-state index in [-0.39, 0.29) is 12.3 Å². The van der Waals surface area contributed by atoms with Crippen LogP contribution in [0.4, 0.5) is 5.13 Å². The number of carbonyl (C=O) groups is 1. The first-order valence-electron chi connectivity index (χ1n) is 7.29. The molecule has 4 nitrogen and oxygen atoms in total. The van der Waals surface area contributed by atoms with E-state index >= 15 is 0 Å². The number of nitrogens with one attached hydrogen (secondary N) is 1. The summed E-state index contributed by atoms with van der Waals surface area (Å²) >= 11 is 7.55. The fourth-order valence-electron chi connectivity index (χ4n) is 2.26. The van der Waals surface area contributed by atoms with Crippen LogP contribution in [0.1, 0.15) is 5.56 Å². The first-order chi connectivity index (χ1) is 11.7. The van der Waals surface area contributed by atoms with Crippen molar-refractivity contribution in [2.75, 3.05) is 12.4 Å². The van der Waals surface area contributed by atoms with E-state index < -0.39 is 0 Å². The number of anilines is 1. The maximum atomic E-state index is 12.2. The molecule has 0 atom stereocenters. The Balaban J connectivity index is 1.68. The predicted molar refractivity (Wildman–Crippen MR) is 97.9 cm³/mol. The molecule has 1 N–H and O–H groups in total. The molecule has 0 spiro atoms. The van der Waals surface area contributed by atoms with E-state index in [0.717, 1.165) is 22.6 Å². The molecular weight excluding hydrogens is 344 g/mol. The summed E-state index contributed by atoms with van der Waals surface area (Å²) in [7, 11) is 1.60. The van der Waals surface area contributed by atoms with Gasteiger partial charge in [-0.15, -0.1) is 11.3 Å². The number of methoxy groups -OCH3 is 1. The van der Waals surface area contributed by atoms with Gasteiger partial charge in [0, 0.05) is 16.0 Å². The number of halogens is 1. The van der Waals surface area contributed by atoms with Crippen LogP contribution in [0.2, 0.25) is 5.02 Å². The lowest BCUT2D eigenvalue weighted by atomic mass is 10.1. The first kappa shape index (κ1) is 16.5. The standard InChI is InChI=1S/C18H15ClN2O2S/c1-23-13-6-4-5-12(9-13)10-17(22)21-18-20-16(11-24-18)14-7-2-3-8-15(14)19/h2-9,11H,10H2,1H3,(H,20,21,22). The van der Waals surface area contributed by atoms with Gasteiger partial charge in [0.1, 0.15) is 5.75 Å². The van der Waals surface area contributed by atoms with Crippen molar-refractivity contribution in [1.82, 2.24) is 4.98 Å². The smallest absolute Gasteiger partial charge is 0.230 e. The van der Waals surface area contributed by atoms with E-state index in [1.807, 2.05) is 53.9 Å². The van der Waals surface area contributed by atoms with Crippen molar-refractivity contribution in [3.63, 3.8) is 0 Å². The van der Waals surface area contributed by atoms with E-state index in [2.05, 4.69) is 10.3 Å². The van der Waals surface area contributed by atoms with Gasteiger partial charge in [0.05, 0.1) is 19.2 Å². The molecule has 0 unspecified atom stereocenters. The number of benzene rings is 2. The molecule has 0 saturated heterocycles. The van der Waals surface area contributed by atoms with E-state index in [0.29, 0.717) is 10.2 Å². The molecule has 0 aliphatic carbocycles. The molecule has 0 aliphatic rings. The molecule has 0 fully saturated rings. The number of hydrogen-bond donors (Lipinski definition) is 1. The number of amides is 1. The van der Waals surface area contributed by atoms with E-state index in [9.17, 15) is 4.79 Å². The maximum Gasteiger partial charge on any atom is 0.230 e. The second-order valence-electron chi connectivity index (χ2n) is 5.09. The topological polar surface area (TPSA) is 51.2 Å². The van der Waals surface area contributed by atoms with Crippen molar-refractivity contribution in [1.29, 1.82) is 0 Å². The maximum absolute atomic E-state index is 12.2. The van der Waals surface area contributed by atoms with Gasteiger partial charge in [-0.25, -0.2) is 4.98 Å². The minimum Gasteiger partial charge on any atom is -0.497 e. The van der Waals surface area contributed by atoms with Gasteiger partial charge in [0.2, 0.25) is 5.91 Å². The van der Waals surface area contributed by atoms with Gasteiger partial charge in [-0.05, 0) is 23.8 Å². The van der Waals surface area contributed by atoms with Crippen molar-refractivity contribution >= 4 is 34.0 Å². The third kappa shape index (κ3) is 3.93. The van der Waals surface area contributed by atoms with Crippen LogP contribution in [0.5, 0.6) is 5.75 Å². The minimum absolute atomic E-state index is 0.122. The van der Waals surface area contributed by atoms with Crippen LogP contribution < -0.4 is 10.1 Å². The molecule has 122 valence electrons. The summed E-state index contributed by atoms with van der Waals surface area (Å²) in [6.07, 6.45) is 0.262. The summed E-state index contributed by atoms with van der Waals surface area (Å²) in [6, 6.07) is 14.9. The van der Waals surface area contributed by atoms with Gasteiger partial charge in [-0.2, -0.15) is 0 Å². The predicted octanol–water partition coefficient (Wildman–Crippen LogP) is 4.65. The summed E-state index contributed by atoms with van der Waals surface area (Å²) in [6.45, 7) is 0. The Hall–Kier alpha value is -2.37. The quantitative estimate of drug-likeness (QED) is 0.722. The van der Waals surface area contributed by atoms with Crippen LogP contribution in [-0.2, 0) is 11.2 Å². The number of aromatic nitrogens is 1. The summed E-state index contributed by atoms with van der Waals surface area (Å²) in [5, 5.41) is 5.89. The molecule has 1 heterocycles. The average molecular weight is 359 g/mol. The molecule has 24 heavy (non-hydrogen) atoms. The molecule has 0 bridgehead atoms. The molecule has 1 aromatic heterocycles. The van der Waals surface area contributed by atoms with E-state index in [4.69, 9.17) is 16.3 Å². The van der Waals surface area contributed by atoms with Gasteiger partial charge in [-0.3, -0.25) is 4.79 Å². The number of hydrogen-bond acceptors (Lipinski definition) is 4. The number of ether oxygens (including phenoxy) is 1. The van der Waals surface area contributed by atoms with Crippen molar-refractivity contribution in [3.8, 4) is 17.0 Å². The van der Waals surface area contributed by atoms with Gasteiger partial charge < -0.3 is 10.1 Å². The fraction of sp³-hybridized carbons (Fsp3) is 0.111. The molecule has 0 aliphatic heterocycles. The highest BCUT2D eigenvalue weighted by Gasteiger charge is 2.11. The second-order valence-corrected chi connectivity index (χ2v) is 6.36. The average Bonchev–Trinajstić information content (AvgIpc) is 3.03. The Kier molecular flexibility index (Phi) is 5.13. The molecule has 6 heteroatoms. The first-order valence-corrected chi connectivity index (χ1v) is 8.54. The van der Waals surface area contributed by atoms with E-state index in [1.54, 1.807) is 7.11 Å². The molecule has 0 radical (unpaired) electrons. The number of rotatable bonds is 5. The van der Waals surface area contributed by atoms with Crippen molar-refractivity contribution in [2.45, 2.75) is 6.42 Å². The van der Waals surface area contributed by atoms with E-state index in [1.165, 1.54) is 11.3 Å². The van der Waals surface area contributed by atoms with Crippen LogP contribution >= 0.6 is 22.9 Å². The van der Waals surface area contributed by atoms with Gasteiger partial charge in [0.25, 0.3) is 0 Å². The Morgan fingerprint density at radius 2 is 2.08 bits per heavy atom. The van der Waals surface area contributed by atoms with Crippen molar-refractivity contribution in [2.24, 2.45) is 0 Å². The zero-order valence-electron chi connectivity index (χ0n) is 13.0. The van der Waals surface area contributed by atoms with Gasteiger partial charge in [-0.1, -0.05) is 41.9 Å². The van der Waals surface area contributed by atoms with Crippen LogP contribution in [-0.4, -0.2) is 18.0 Å². The third-order valence-corrected chi connectivity index (χ3v) is 4.49. The minimum atomic E-state index is -0.122. The molecule has 2 aromatic carbocycles. The molecule has 1 amide bonds. The highest BCUT2D eigenvalue weighted by Crippen LogP contribution is 2.30. The number of carbonyl (C=O) groups excluding carboxylic acids is 1. The molecule has 3 rings (SSSR count). The van der Waals surface area contributed by atoms with Crippen molar-refractivity contribution < 1.29 is 9.53 Å². The fourth-order valence-corrected chi connectivity index (χ4v) is 3.21. The number of nitrogens with zero attached hydrogens (tertiary/aromatic N) is 1. The highest BCUT2D eigenvalue weighted by atomic mass is 35.5. The van der Waals surface area contributed by atoms with Gasteiger partial charge in [0.15, 0.2) is 5.13 Å². The Morgan fingerprint density at radius 3 is 2.88 bits per heavy atom. The summed E-state index contributed by atoms with van der Waals surface area (Å²) in [5.41, 5.74) is 2.49. The lowest BCUT2D eigenvalue weighted by Crippen LogP contribution is -2.14. The monoisotopic (exact) mass is 358 g/mol. The van der Waals surface area contributed by atoms with Crippen LogP contribution in [0.15, 0.2) is 53.9 Å². The zero-order valence-corrected chi connectivity index (χ0v) is 14.5. The largest absolute Gasteiger partial charge is 0.497 e. The van der Waals surface area contributed by atoms with Crippen LogP contribution in [0.3, 0.4) is 0 Å². The summed E-state index contributed by atoms with van der Waals surface area (Å²) in [4.78, 5) is 16.6. The second kappa shape index (κ2) is 7.47. The molecular formula is C18H15ClN2O2S. The van der Waals surface area contributed by atoms with Crippen LogP contribution in [0.25, 0.3) is 11.3 Å². The van der Waals surface area contributed by atoms with Gasteiger partial charge >= 0.3 is 0 Å².